The van der Waals surface area contributed by atoms with Crippen molar-refractivity contribution in [3.63, 3.8) is 0 Å². The molecule has 130 valence electrons. The van der Waals surface area contributed by atoms with Crippen molar-refractivity contribution < 1.29 is 19.1 Å². The van der Waals surface area contributed by atoms with Gasteiger partial charge in [0.25, 0.3) is 11.8 Å². The van der Waals surface area contributed by atoms with Crippen LogP contribution in [0.3, 0.4) is 0 Å². The number of nitrogens with one attached hydrogen (secondary N) is 2. The molecule has 0 aliphatic carbocycles. The van der Waals surface area contributed by atoms with Gasteiger partial charge in [0.2, 0.25) is 0 Å². The van der Waals surface area contributed by atoms with E-state index >= 15 is 0 Å². The first kappa shape index (κ1) is 18.2. The van der Waals surface area contributed by atoms with Crippen molar-refractivity contribution in [2.45, 2.75) is 13.8 Å². The van der Waals surface area contributed by atoms with Gasteiger partial charge >= 0.3 is 5.97 Å². The molecule has 0 spiro atoms. The van der Waals surface area contributed by atoms with Crippen molar-refractivity contribution in [2.75, 3.05) is 19.0 Å². The number of carbonyl (C=O) groups excluding carboxylic acids is 3. The zero-order chi connectivity index (χ0) is 18.4. The molecule has 0 unspecified atom stereocenters. The predicted octanol–water partition coefficient (Wildman–Crippen LogP) is 2.46. The van der Waals surface area contributed by atoms with E-state index in [0.29, 0.717) is 16.8 Å². The van der Waals surface area contributed by atoms with Gasteiger partial charge in [-0.25, -0.2) is 4.79 Å². The lowest BCUT2D eigenvalue weighted by molar-refractivity contribution is -0.119. The van der Waals surface area contributed by atoms with Gasteiger partial charge in [-0.2, -0.15) is 0 Å². The fraction of sp³-hybridized carbons (Fsp3) is 0.211. The molecule has 0 fully saturated rings. The number of amides is 2. The van der Waals surface area contributed by atoms with Crippen molar-refractivity contribution in [2.24, 2.45) is 0 Å². The Balaban J connectivity index is 1.91. The van der Waals surface area contributed by atoms with Crippen LogP contribution in [0.15, 0.2) is 42.5 Å². The Hall–Kier alpha value is -3.15. The number of anilines is 1. The summed E-state index contributed by atoms with van der Waals surface area (Å²) in [6.45, 7) is 3.35. The minimum Gasteiger partial charge on any atom is -0.452 e. The number of carbonyl (C=O) groups is 3. The second kappa shape index (κ2) is 8.10. The molecule has 0 radical (unpaired) electrons. The molecule has 0 saturated heterocycles. The monoisotopic (exact) mass is 340 g/mol. The van der Waals surface area contributed by atoms with Crippen LogP contribution < -0.4 is 10.6 Å². The second-order valence-electron chi connectivity index (χ2n) is 5.53. The Labute approximate surface area is 146 Å². The first-order chi connectivity index (χ1) is 11.9. The Morgan fingerprint density at radius 1 is 1.00 bits per heavy atom. The molecule has 2 amide bonds. The first-order valence-corrected chi connectivity index (χ1v) is 7.77. The number of hydrogen-bond donors (Lipinski definition) is 2. The zero-order valence-corrected chi connectivity index (χ0v) is 14.4. The smallest absolute Gasteiger partial charge is 0.338 e. The van der Waals surface area contributed by atoms with E-state index in [-0.39, 0.29) is 12.5 Å². The average Bonchev–Trinajstić information content (AvgIpc) is 2.62. The number of ether oxygens (including phenoxy) is 1. The third kappa shape index (κ3) is 4.67. The Bertz CT molecular complexity index is 798. The van der Waals surface area contributed by atoms with Crippen molar-refractivity contribution in [1.29, 1.82) is 0 Å². The van der Waals surface area contributed by atoms with E-state index in [4.69, 9.17) is 4.74 Å². The maximum atomic E-state index is 12.1. The van der Waals surface area contributed by atoms with Crippen molar-refractivity contribution in [1.82, 2.24) is 5.32 Å². The van der Waals surface area contributed by atoms with Gasteiger partial charge in [0.05, 0.1) is 5.56 Å². The van der Waals surface area contributed by atoms with Gasteiger partial charge < -0.3 is 15.4 Å². The lowest BCUT2D eigenvalue weighted by atomic mass is 10.0. The molecule has 6 nitrogen and oxygen atoms in total. The van der Waals surface area contributed by atoms with Crippen LogP contribution in [0, 0.1) is 13.8 Å². The molecule has 2 aromatic carbocycles. The summed E-state index contributed by atoms with van der Waals surface area (Å²) in [5.74, 6) is -1.20. The third-order valence-corrected chi connectivity index (χ3v) is 3.82. The highest BCUT2D eigenvalue weighted by atomic mass is 16.5. The van der Waals surface area contributed by atoms with Crippen LogP contribution in [0.2, 0.25) is 0 Å². The van der Waals surface area contributed by atoms with E-state index in [9.17, 15) is 14.4 Å². The third-order valence-electron chi connectivity index (χ3n) is 3.82. The summed E-state index contributed by atoms with van der Waals surface area (Å²) in [6.07, 6.45) is 0. The molecule has 0 aliphatic heterocycles. The highest BCUT2D eigenvalue weighted by molar-refractivity contribution is 5.97. The number of rotatable bonds is 5. The standard InChI is InChI=1S/C19H20N2O4/c1-12-5-4-6-16(13(12)2)19(24)25-11-17(22)21-15-9-7-14(8-10-15)18(23)20-3/h4-10H,11H2,1-3H3,(H,20,23)(H,21,22). The number of esters is 1. The van der Waals surface area contributed by atoms with Gasteiger partial charge in [-0.15, -0.1) is 0 Å². The topological polar surface area (TPSA) is 84.5 Å². The number of benzene rings is 2. The van der Waals surface area contributed by atoms with Crippen molar-refractivity contribution in [3.8, 4) is 0 Å². The molecule has 6 heteroatoms. The quantitative estimate of drug-likeness (QED) is 0.819. The Kier molecular flexibility index (Phi) is 5.89. The number of hydrogen-bond acceptors (Lipinski definition) is 4. The molecule has 0 atom stereocenters. The molecular formula is C19H20N2O4. The summed E-state index contributed by atoms with van der Waals surface area (Å²) < 4.78 is 5.06. The maximum absolute atomic E-state index is 12.1. The van der Waals surface area contributed by atoms with Crippen LogP contribution in [0.1, 0.15) is 31.8 Å². The van der Waals surface area contributed by atoms with E-state index in [2.05, 4.69) is 10.6 Å². The summed E-state index contributed by atoms with van der Waals surface area (Å²) in [5.41, 5.74) is 3.26. The molecule has 0 bridgehead atoms. The second-order valence-corrected chi connectivity index (χ2v) is 5.53. The SMILES string of the molecule is CNC(=O)c1ccc(NC(=O)COC(=O)c2cccc(C)c2C)cc1. The van der Waals surface area contributed by atoms with E-state index in [1.54, 1.807) is 43.4 Å². The summed E-state index contributed by atoms with van der Waals surface area (Å²) in [7, 11) is 1.54. The van der Waals surface area contributed by atoms with E-state index in [0.717, 1.165) is 11.1 Å². The summed E-state index contributed by atoms with van der Waals surface area (Å²) >= 11 is 0. The van der Waals surface area contributed by atoms with Gasteiger partial charge in [0, 0.05) is 18.3 Å². The Morgan fingerprint density at radius 2 is 1.68 bits per heavy atom. The van der Waals surface area contributed by atoms with Crippen LogP contribution in [0.25, 0.3) is 0 Å². The minimum atomic E-state index is -0.536. The van der Waals surface area contributed by atoms with Crippen molar-refractivity contribution in [3.05, 3.63) is 64.7 Å². The molecule has 0 aromatic heterocycles. The highest BCUT2D eigenvalue weighted by Crippen LogP contribution is 2.14. The molecule has 0 heterocycles. The zero-order valence-electron chi connectivity index (χ0n) is 14.4. The highest BCUT2D eigenvalue weighted by Gasteiger charge is 2.13. The van der Waals surface area contributed by atoms with Crippen LogP contribution in [0.5, 0.6) is 0 Å². The van der Waals surface area contributed by atoms with Crippen LogP contribution in [-0.2, 0) is 9.53 Å². The largest absolute Gasteiger partial charge is 0.452 e. The van der Waals surface area contributed by atoms with Crippen LogP contribution in [0.4, 0.5) is 5.69 Å². The van der Waals surface area contributed by atoms with E-state index in [1.165, 1.54) is 0 Å². The van der Waals surface area contributed by atoms with Crippen LogP contribution in [-0.4, -0.2) is 31.4 Å². The van der Waals surface area contributed by atoms with Gasteiger partial charge in [-0.3, -0.25) is 9.59 Å². The lowest BCUT2D eigenvalue weighted by Crippen LogP contribution is -2.21. The molecular weight excluding hydrogens is 320 g/mol. The Morgan fingerprint density at radius 3 is 2.32 bits per heavy atom. The first-order valence-electron chi connectivity index (χ1n) is 7.77. The van der Waals surface area contributed by atoms with E-state index in [1.807, 2.05) is 19.9 Å². The minimum absolute atomic E-state index is 0.208. The molecule has 25 heavy (non-hydrogen) atoms. The van der Waals surface area contributed by atoms with Gasteiger partial charge in [0.15, 0.2) is 6.61 Å². The van der Waals surface area contributed by atoms with Gasteiger partial charge in [-0.1, -0.05) is 12.1 Å². The summed E-state index contributed by atoms with van der Waals surface area (Å²) in [6, 6.07) is 11.7. The molecule has 2 N–H and O–H groups in total. The van der Waals surface area contributed by atoms with E-state index < -0.39 is 11.9 Å². The fourth-order valence-electron chi connectivity index (χ4n) is 2.23. The van der Waals surface area contributed by atoms with Crippen molar-refractivity contribution >= 4 is 23.5 Å². The fourth-order valence-corrected chi connectivity index (χ4v) is 2.23. The molecule has 2 rings (SSSR count). The molecule has 2 aromatic rings. The molecule has 0 saturated carbocycles. The van der Waals surface area contributed by atoms with Gasteiger partial charge in [0.1, 0.15) is 0 Å². The maximum Gasteiger partial charge on any atom is 0.338 e. The average molecular weight is 340 g/mol. The normalized spacial score (nSPS) is 10.0. The van der Waals surface area contributed by atoms with Crippen LogP contribution >= 0.6 is 0 Å². The summed E-state index contributed by atoms with van der Waals surface area (Å²) in [4.78, 5) is 35.4. The summed E-state index contributed by atoms with van der Waals surface area (Å²) in [5, 5.41) is 5.13. The lowest BCUT2D eigenvalue weighted by Gasteiger charge is -2.09. The van der Waals surface area contributed by atoms with Gasteiger partial charge in [-0.05, 0) is 55.3 Å². The molecule has 0 aliphatic rings. The predicted molar refractivity (Wildman–Crippen MR) is 94.7 cm³/mol. The number of aryl methyl sites for hydroxylation is 1.